The first-order chi connectivity index (χ1) is 13.5. The van der Waals surface area contributed by atoms with Gasteiger partial charge < -0.3 is 19.5 Å². The van der Waals surface area contributed by atoms with Crippen LogP contribution >= 0.6 is 11.6 Å². The fraction of sp³-hybridized carbons (Fsp3) is 0.211. The topological polar surface area (TPSA) is 87.5 Å². The number of anilines is 1. The summed E-state index contributed by atoms with van der Waals surface area (Å²) in [6.45, 7) is 1.74. The van der Waals surface area contributed by atoms with Crippen molar-refractivity contribution in [2.75, 3.05) is 26.6 Å². The predicted molar refractivity (Wildman–Crippen MR) is 105 cm³/mol. The van der Waals surface area contributed by atoms with Gasteiger partial charge in [0.15, 0.2) is 5.69 Å². The van der Waals surface area contributed by atoms with Gasteiger partial charge in [-0.3, -0.25) is 4.79 Å². The molecular weight excluding hydrogens is 384 g/mol. The molecule has 9 heteroatoms. The van der Waals surface area contributed by atoms with Crippen LogP contribution in [0.3, 0.4) is 0 Å². The Hall–Kier alpha value is -3.26. The van der Waals surface area contributed by atoms with Crippen LogP contribution in [0, 0.1) is 6.92 Å². The van der Waals surface area contributed by atoms with Crippen molar-refractivity contribution < 1.29 is 19.0 Å². The Morgan fingerprint density at radius 1 is 1.04 bits per heavy atom. The Labute approximate surface area is 167 Å². The van der Waals surface area contributed by atoms with Gasteiger partial charge in [-0.1, -0.05) is 16.8 Å². The molecule has 146 valence electrons. The molecule has 8 nitrogen and oxygen atoms in total. The number of nitrogens with zero attached hydrogens (tertiary/aromatic N) is 3. The Morgan fingerprint density at radius 2 is 1.71 bits per heavy atom. The van der Waals surface area contributed by atoms with Crippen molar-refractivity contribution in [1.82, 2.24) is 15.0 Å². The van der Waals surface area contributed by atoms with E-state index in [2.05, 4.69) is 15.6 Å². The lowest BCUT2D eigenvalue weighted by Crippen LogP contribution is -2.14. The molecule has 0 atom stereocenters. The van der Waals surface area contributed by atoms with E-state index in [-0.39, 0.29) is 5.69 Å². The van der Waals surface area contributed by atoms with E-state index in [1.54, 1.807) is 50.4 Å². The number of benzene rings is 2. The summed E-state index contributed by atoms with van der Waals surface area (Å²) < 4.78 is 17.3. The van der Waals surface area contributed by atoms with Gasteiger partial charge in [0.1, 0.15) is 22.9 Å². The van der Waals surface area contributed by atoms with Gasteiger partial charge >= 0.3 is 0 Å². The van der Waals surface area contributed by atoms with Crippen LogP contribution in [0.4, 0.5) is 5.69 Å². The summed E-state index contributed by atoms with van der Waals surface area (Å²) in [7, 11) is 4.62. The average Bonchev–Trinajstić information content (AvgIpc) is 3.08. The molecule has 0 spiro atoms. The predicted octanol–water partition coefficient (Wildman–Crippen LogP) is 3.51. The molecule has 1 N–H and O–H groups in total. The van der Waals surface area contributed by atoms with E-state index in [0.29, 0.717) is 39.3 Å². The Morgan fingerprint density at radius 3 is 2.32 bits per heavy atom. The summed E-state index contributed by atoms with van der Waals surface area (Å²) in [6.07, 6.45) is 0. The number of aromatic nitrogens is 3. The van der Waals surface area contributed by atoms with Crippen LogP contribution in [-0.4, -0.2) is 42.2 Å². The number of carbonyl (C=O) groups is 1. The zero-order valence-electron chi connectivity index (χ0n) is 15.8. The van der Waals surface area contributed by atoms with E-state index in [9.17, 15) is 4.79 Å². The molecule has 0 unspecified atom stereocenters. The highest BCUT2D eigenvalue weighted by molar-refractivity contribution is 6.30. The van der Waals surface area contributed by atoms with Crippen molar-refractivity contribution >= 4 is 23.2 Å². The summed E-state index contributed by atoms with van der Waals surface area (Å²) in [5, 5.41) is 11.4. The number of methoxy groups -OCH3 is 3. The lowest BCUT2D eigenvalue weighted by atomic mass is 10.2. The maximum absolute atomic E-state index is 12.7. The Kier molecular flexibility index (Phi) is 5.70. The number of rotatable bonds is 6. The SMILES string of the molecule is COc1cc(NC(=O)c2nnn(-c3cc(Cl)ccc3OC)c2C)cc(OC)c1. The first-order valence-corrected chi connectivity index (χ1v) is 8.65. The fourth-order valence-electron chi connectivity index (χ4n) is 2.67. The zero-order chi connectivity index (χ0) is 20.3. The van der Waals surface area contributed by atoms with E-state index in [4.69, 9.17) is 25.8 Å². The maximum Gasteiger partial charge on any atom is 0.278 e. The average molecular weight is 403 g/mol. The first kappa shape index (κ1) is 19.5. The second-order valence-electron chi connectivity index (χ2n) is 5.81. The molecule has 0 bridgehead atoms. The molecule has 1 aromatic heterocycles. The number of carbonyl (C=O) groups excluding carboxylic acids is 1. The maximum atomic E-state index is 12.7. The van der Waals surface area contributed by atoms with Crippen LogP contribution in [0.25, 0.3) is 5.69 Å². The van der Waals surface area contributed by atoms with Gasteiger partial charge in [0, 0.05) is 28.9 Å². The van der Waals surface area contributed by atoms with Crippen LogP contribution < -0.4 is 19.5 Å². The van der Waals surface area contributed by atoms with E-state index in [0.717, 1.165) is 0 Å². The third-order valence-electron chi connectivity index (χ3n) is 4.09. The number of halogens is 1. The normalized spacial score (nSPS) is 10.5. The zero-order valence-corrected chi connectivity index (χ0v) is 16.6. The van der Waals surface area contributed by atoms with Crippen molar-refractivity contribution in [1.29, 1.82) is 0 Å². The molecule has 1 amide bonds. The van der Waals surface area contributed by atoms with Crippen LogP contribution in [0.2, 0.25) is 5.02 Å². The highest BCUT2D eigenvalue weighted by atomic mass is 35.5. The molecule has 0 fully saturated rings. The highest BCUT2D eigenvalue weighted by Crippen LogP contribution is 2.28. The summed E-state index contributed by atoms with van der Waals surface area (Å²) in [5.41, 5.74) is 1.80. The van der Waals surface area contributed by atoms with E-state index in [1.165, 1.54) is 18.9 Å². The fourth-order valence-corrected chi connectivity index (χ4v) is 2.83. The van der Waals surface area contributed by atoms with Crippen LogP contribution in [-0.2, 0) is 0 Å². The second kappa shape index (κ2) is 8.18. The molecule has 3 rings (SSSR count). The number of hydrogen-bond acceptors (Lipinski definition) is 6. The van der Waals surface area contributed by atoms with Crippen molar-refractivity contribution in [3.8, 4) is 22.9 Å². The van der Waals surface area contributed by atoms with Gasteiger partial charge in [-0.2, -0.15) is 0 Å². The highest BCUT2D eigenvalue weighted by Gasteiger charge is 2.20. The van der Waals surface area contributed by atoms with Gasteiger partial charge in [0.25, 0.3) is 5.91 Å². The number of nitrogens with one attached hydrogen (secondary N) is 1. The molecule has 1 heterocycles. The standard InChI is InChI=1S/C19H19ClN4O4/c1-11-18(19(25)21-13-8-14(26-2)10-15(9-13)27-3)22-23-24(11)16-7-12(20)5-6-17(16)28-4/h5-10H,1-4H3,(H,21,25). The quantitative estimate of drug-likeness (QED) is 0.678. The lowest BCUT2D eigenvalue weighted by molar-refractivity contribution is 0.102. The molecule has 0 aliphatic heterocycles. The molecule has 0 saturated heterocycles. The number of ether oxygens (including phenoxy) is 3. The van der Waals surface area contributed by atoms with Gasteiger partial charge in [-0.15, -0.1) is 5.10 Å². The molecular formula is C19H19ClN4O4. The van der Waals surface area contributed by atoms with Crippen molar-refractivity contribution in [2.24, 2.45) is 0 Å². The smallest absolute Gasteiger partial charge is 0.278 e. The van der Waals surface area contributed by atoms with Crippen molar-refractivity contribution in [2.45, 2.75) is 6.92 Å². The van der Waals surface area contributed by atoms with Crippen molar-refractivity contribution in [3.63, 3.8) is 0 Å². The molecule has 2 aromatic carbocycles. The van der Waals surface area contributed by atoms with Crippen LogP contribution in [0.1, 0.15) is 16.2 Å². The first-order valence-electron chi connectivity index (χ1n) is 8.27. The van der Waals surface area contributed by atoms with E-state index < -0.39 is 5.91 Å². The summed E-state index contributed by atoms with van der Waals surface area (Å²) in [5.74, 6) is 1.25. The monoisotopic (exact) mass is 402 g/mol. The van der Waals surface area contributed by atoms with Gasteiger partial charge in [-0.05, 0) is 25.1 Å². The van der Waals surface area contributed by atoms with E-state index >= 15 is 0 Å². The van der Waals surface area contributed by atoms with E-state index in [1.807, 2.05) is 0 Å². The number of amides is 1. The third-order valence-corrected chi connectivity index (χ3v) is 4.32. The largest absolute Gasteiger partial charge is 0.497 e. The van der Waals surface area contributed by atoms with Gasteiger partial charge in [0.05, 0.1) is 27.0 Å². The third kappa shape index (κ3) is 3.86. The molecule has 0 saturated carbocycles. The van der Waals surface area contributed by atoms with Crippen molar-refractivity contribution in [3.05, 3.63) is 52.8 Å². The van der Waals surface area contributed by atoms with Crippen LogP contribution in [0.15, 0.2) is 36.4 Å². The van der Waals surface area contributed by atoms with Gasteiger partial charge in [-0.25, -0.2) is 4.68 Å². The Bertz CT molecular complexity index is 997. The minimum atomic E-state index is -0.417. The molecule has 0 radical (unpaired) electrons. The van der Waals surface area contributed by atoms with Crippen LogP contribution in [0.5, 0.6) is 17.2 Å². The molecule has 28 heavy (non-hydrogen) atoms. The second-order valence-corrected chi connectivity index (χ2v) is 6.24. The molecule has 0 aliphatic rings. The summed E-state index contributed by atoms with van der Waals surface area (Å²) in [6, 6.07) is 10.2. The minimum absolute atomic E-state index is 0.170. The summed E-state index contributed by atoms with van der Waals surface area (Å²) in [4.78, 5) is 12.7. The molecule has 0 aliphatic carbocycles. The summed E-state index contributed by atoms with van der Waals surface area (Å²) >= 11 is 6.09. The molecule has 3 aromatic rings. The minimum Gasteiger partial charge on any atom is -0.497 e. The number of hydrogen-bond donors (Lipinski definition) is 1. The Balaban J connectivity index is 1.92. The lowest BCUT2D eigenvalue weighted by Gasteiger charge is -2.10. The van der Waals surface area contributed by atoms with Gasteiger partial charge in [0.2, 0.25) is 0 Å².